The van der Waals surface area contributed by atoms with Gasteiger partial charge in [-0.1, -0.05) is 18.7 Å². The summed E-state index contributed by atoms with van der Waals surface area (Å²) in [6.45, 7) is 3.96. The number of nitro benzene ring substituents is 1. The van der Waals surface area contributed by atoms with Crippen LogP contribution in [0.4, 0.5) is 5.69 Å². The lowest BCUT2D eigenvalue weighted by Crippen LogP contribution is -2.29. The van der Waals surface area contributed by atoms with Crippen molar-refractivity contribution in [3.8, 4) is 5.75 Å². The number of pyridine rings is 1. The van der Waals surface area contributed by atoms with E-state index in [2.05, 4.69) is 11.6 Å². The molecule has 0 unspecified atom stereocenters. The molecule has 1 N–H and O–H groups in total. The summed E-state index contributed by atoms with van der Waals surface area (Å²) in [6, 6.07) is 14.5. The molecule has 0 aliphatic carbocycles. The van der Waals surface area contributed by atoms with Gasteiger partial charge in [0, 0.05) is 36.6 Å². The average Bonchev–Trinajstić information content (AvgIpc) is 3.13. The molecule has 1 amide bonds. The van der Waals surface area contributed by atoms with Gasteiger partial charge in [0.15, 0.2) is 0 Å². The zero-order valence-corrected chi connectivity index (χ0v) is 18.5. The summed E-state index contributed by atoms with van der Waals surface area (Å²) in [5, 5.41) is 22.2. The smallest absolute Gasteiger partial charge is 0.295 e. The first-order valence-electron chi connectivity index (χ1n) is 10.7. The number of Topliss-reactive ketones (excluding diaryl/α,β-unsaturated/α-hetero) is 1. The number of benzene rings is 2. The zero-order chi connectivity index (χ0) is 24.9. The molecule has 0 radical (unpaired) electrons. The van der Waals surface area contributed by atoms with Gasteiger partial charge in [-0.15, -0.1) is 0 Å². The lowest BCUT2D eigenvalue weighted by Gasteiger charge is -2.25. The molecule has 2 heterocycles. The lowest BCUT2D eigenvalue weighted by atomic mass is 9.95. The molecule has 1 aromatic heterocycles. The highest BCUT2D eigenvalue weighted by Gasteiger charge is 2.46. The Labute approximate surface area is 200 Å². The monoisotopic (exact) mass is 471 g/mol. The van der Waals surface area contributed by atoms with Gasteiger partial charge in [-0.05, 0) is 53.6 Å². The normalized spacial score (nSPS) is 16.8. The van der Waals surface area contributed by atoms with Crippen molar-refractivity contribution >= 4 is 23.1 Å². The molecule has 3 aromatic rings. The number of ketones is 1. The number of amides is 1. The summed E-state index contributed by atoms with van der Waals surface area (Å²) in [4.78, 5) is 42.1. The highest BCUT2D eigenvalue weighted by atomic mass is 16.6. The minimum absolute atomic E-state index is 0.0607. The fourth-order valence-electron chi connectivity index (χ4n) is 3.88. The summed E-state index contributed by atoms with van der Waals surface area (Å²) in [7, 11) is 0. The summed E-state index contributed by atoms with van der Waals surface area (Å²) < 4.78 is 5.45. The van der Waals surface area contributed by atoms with E-state index in [1.807, 2.05) is 0 Å². The molecule has 1 atom stereocenters. The molecular weight excluding hydrogens is 450 g/mol. The Morgan fingerprint density at radius 3 is 2.46 bits per heavy atom. The number of likely N-dealkylation sites (tertiary alicyclic amines) is 1. The molecule has 1 aliphatic heterocycles. The van der Waals surface area contributed by atoms with Crippen molar-refractivity contribution in [1.29, 1.82) is 0 Å². The van der Waals surface area contributed by atoms with Crippen LogP contribution in [0.25, 0.3) is 5.76 Å². The molecule has 1 aliphatic rings. The molecule has 1 saturated heterocycles. The number of nitro groups is 1. The molecule has 0 spiro atoms. The van der Waals surface area contributed by atoms with E-state index in [1.54, 1.807) is 54.9 Å². The predicted molar refractivity (Wildman–Crippen MR) is 127 cm³/mol. The number of nitrogens with zero attached hydrogens (tertiary/aromatic N) is 3. The van der Waals surface area contributed by atoms with Crippen LogP contribution in [0.2, 0.25) is 0 Å². The predicted octanol–water partition coefficient (Wildman–Crippen LogP) is 4.18. The molecule has 9 nitrogen and oxygen atoms in total. The third-order valence-electron chi connectivity index (χ3n) is 5.53. The molecule has 35 heavy (non-hydrogen) atoms. The Kier molecular flexibility index (Phi) is 6.68. The summed E-state index contributed by atoms with van der Waals surface area (Å²) in [6.07, 6.45) is 4.77. The third-order valence-corrected chi connectivity index (χ3v) is 5.53. The van der Waals surface area contributed by atoms with Crippen LogP contribution in [0.5, 0.6) is 5.75 Å². The first kappa shape index (κ1) is 23.4. The van der Waals surface area contributed by atoms with Gasteiger partial charge >= 0.3 is 0 Å². The Bertz CT molecular complexity index is 1300. The van der Waals surface area contributed by atoms with Crippen molar-refractivity contribution in [2.24, 2.45) is 0 Å². The van der Waals surface area contributed by atoms with Crippen LogP contribution in [-0.4, -0.2) is 38.2 Å². The Balaban J connectivity index is 1.79. The summed E-state index contributed by atoms with van der Waals surface area (Å²) in [5.41, 5.74) is 1.22. The standard InChI is InChI=1S/C26H21N3O6/c1-2-14-35-21-11-7-19(8-12-21)24(30)22-23(18-5-9-20(10-6-18)29(33)34)28(26(32)25(22)31)16-17-4-3-13-27-15-17/h2-13,15,23,30H,1,14,16H2/b24-22+/t23-/m0/s1. The summed E-state index contributed by atoms with van der Waals surface area (Å²) >= 11 is 0. The van der Waals surface area contributed by atoms with Gasteiger partial charge in [-0.3, -0.25) is 24.7 Å². The number of aliphatic hydroxyl groups excluding tert-OH is 1. The van der Waals surface area contributed by atoms with Crippen molar-refractivity contribution in [1.82, 2.24) is 9.88 Å². The first-order valence-corrected chi connectivity index (χ1v) is 10.7. The van der Waals surface area contributed by atoms with Crippen molar-refractivity contribution in [3.05, 3.63) is 118 Å². The highest BCUT2D eigenvalue weighted by molar-refractivity contribution is 6.46. The molecule has 0 bridgehead atoms. The fraction of sp³-hybridized carbons (Fsp3) is 0.115. The van der Waals surface area contributed by atoms with E-state index in [0.29, 0.717) is 29.0 Å². The minimum Gasteiger partial charge on any atom is -0.507 e. The molecule has 176 valence electrons. The van der Waals surface area contributed by atoms with Gasteiger partial charge in [0.2, 0.25) is 0 Å². The van der Waals surface area contributed by atoms with E-state index in [9.17, 15) is 24.8 Å². The topological polar surface area (TPSA) is 123 Å². The number of non-ortho nitro benzene ring substituents is 1. The van der Waals surface area contributed by atoms with Gasteiger partial charge in [0.05, 0.1) is 16.5 Å². The number of ether oxygens (including phenoxy) is 1. The van der Waals surface area contributed by atoms with Crippen LogP contribution in [0.3, 0.4) is 0 Å². The van der Waals surface area contributed by atoms with Crippen LogP contribution < -0.4 is 4.74 Å². The maximum absolute atomic E-state index is 13.1. The number of hydrogen-bond donors (Lipinski definition) is 1. The fourth-order valence-corrected chi connectivity index (χ4v) is 3.88. The zero-order valence-electron chi connectivity index (χ0n) is 18.5. The minimum atomic E-state index is -0.951. The molecule has 1 fully saturated rings. The van der Waals surface area contributed by atoms with Crippen molar-refractivity contribution in [2.75, 3.05) is 6.61 Å². The van der Waals surface area contributed by atoms with Crippen LogP contribution in [-0.2, 0) is 16.1 Å². The van der Waals surface area contributed by atoms with Gasteiger partial charge in [-0.2, -0.15) is 0 Å². The SMILES string of the molecule is C=CCOc1ccc(/C(O)=C2\C(=O)C(=O)N(Cc3cccnc3)[C@H]2c2ccc([N+](=O)[O-])cc2)cc1. The van der Waals surface area contributed by atoms with E-state index in [1.165, 1.54) is 29.2 Å². The van der Waals surface area contributed by atoms with Crippen molar-refractivity contribution in [3.63, 3.8) is 0 Å². The Hall–Kier alpha value is -4.79. The van der Waals surface area contributed by atoms with E-state index >= 15 is 0 Å². The first-order chi connectivity index (χ1) is 16.9. The van der Waals surface area contributed by atoms with E-state index < -0.39 is 22.7 Å². The lowest BCUT2D eigenvalue weighted by molar-refractivity contribution is -0.384. The number of aromatic nitrogens is 1. The van der Waals surface area contributed by atoms with Crippen molar-refractivity contribution < 1.29 is 24.4 Å². The molecule has 4 rings (SSSR count). The molecule has 9 heteroatoms. The largest absolute Gasteiger partial charge is 0.507 e. The third kappa shape index (κ3) is 4.79. The number of aliphatic hydroxyl groups is 1. The van der Waals surface area contributed by atoms with E-state index in [-0.39, 0.29) is 23.6 Å². The van der Waals surface area contributed by atoms with Gasteiger partial charge in [-0.25, -0.2) is 0 Å². The van der Waals surface area contributed by atoms with Gasteiger partial charge in [0.25, 0.3) is 17.4 Å². The summed E-state index contributed by atoms with van der Waals surface area (Å²) in [5.74, 6) is -1.44. The molecule has 2 aromatic carbocycles. The quantitative estimate of drug-likeness (QED) is 0.131. The number of hydrogen-bond acceptors (Lipinski definition) is 7. The molecular formula is C26H21N3O6. The van der Waals surface area contributed by atoms with Crippen LogP contribution in [0, 0.1) is 10.1 Å². The maximum atomic E-state index is 13.1. The average molecular weight is 471 g/mol. The van der Waals surface area contributed by atoms with Crippen LogP contribution >= 0.6 is 0 Å². The highest BCUT2D eigenvalue weighted by Crippen LogP contribution is 2.40. The second kappa shape index (κ2) is 10.0. The second-order valence-electron chi connectivity index (χ2n) is 7.76. The van der Waals surface area contributed by atoms with Crippen LogP contribution in [0.1, 0.15) is 22.7 Å². The molecule has 0 saturated carbocycles. The van der Waals surface area contributed by atoms with Gasteiger partial charge < -0.3 is 14.7 Å². The van der Waals surface area contributed by atoms with Crippen molar-refractivity contribution in [2.45, 2.75) is 12.6 Å². The number of rotatable bonds is 8. The number of carbonyl (C=O) groups excluding carboxylic acids is 2. The van der Waals surface area contributed by atoms with E-state index in [0.717, 1.165) is 0 Å². The van der Waals surface area contributed by atoms with Gasteiger partial charge in [0.1, 0.15) is 18.1 Å². The Morgan fingerprint density at radius 1 is 1.14 bits per heavy atom. The maximum Gasteiger partial charge on any atom is 0.295 e. The van der Waals surface area contributed by atoms with Crippen LogP contribution in [0.15, 0.2) is 91.3 Å². The number of carbonyl (C=O) groups is 2. The second-order valence-corrected chi connectivity index (χ2v) is 7.76. The Morgan fingerprint density at radius 2 is 1.86 bits per heavy atom. The van der Waals surface area contributed by atoms with E-state index in [4.69, 9.17) is 4.74 Å².